The van der Waals surface area contributed by atoms with Gasteiger partial charge in [-0.3, -0.25) is 4.79 Å². The van der Waals surface area contributed by atoms with Crippen molar-refractivity contribution in [1.29, 1.82) is 0 Å². The second kappa shape index (κ2) is 6.86. The number of unbranched alkanes of at least 4 members (excludes halogenated alkanes) is 1. The minimum absolute atomic E-state index is 0.0107. The van der Waals surface area contributed by atoms with Crippen molar-refractivity contribution < 1.29 is 9.90 Å². The summed E-state index contributed by atoms with van der Waals surface area (Å²) in [7, 11) is 0. The van der Waals surface area contributed by atoms with Crippen LogP contribution in [-0.4, -0.2) is 41.7 Å². The van der Waals surface area contributed by atoms with E-state index in [4.69, 9.17) is 10.8 Å². The Hall–Kier alpha value is -0.610. The number of hydrogen-bond donors (Lipinski definition) is 2. The fourth-order valence-corrected chi connectivity index (χ4v) is 2.33. The number of aliphatic hydroxyl groups is 1. The molecule has 1 saturated carbocycles. The van der Waals surface area contributed by atoms with Gasteiger partial charge in [0.05, 0.1) is 12.5 Å². The summed E-state index contributed by atoms with van der Waals surface area (Å²) >= 11 is 0. The zero-order chi connectivity index (χ0) is 12.0. The summed E-state index contributed by atoms with van der Waals surface area (Å²) in [6.07, 6.45) is 4.98. The summed E-state index contributed by atoms with van der Waals surface area (Å²) in [4.78, 5) is 14.0. The molecular weight excluding hydrogens is 204 g/mol. The lowest BCUT2D eigenvalue weighted by Crippen LogP contribution is -2.43. The van der Waals surface area contributed by atoms with Crippen LogP contribution in [-0.2, 0) is 4.79 Å². The monoisotopic (exact) mass is 228 g/mol. The van der Waals surface area contributed by atoms with Gasteiger partial charge in [0.15, 0.2) is 0 Å². The molecule has 1 aliphatic carbocycles. The van der Waals surface area contributed by atoms with E-state index >= 15 is 0 Å². The first-order valence-electron chi connectivity index (χ1n) is 6.36. The summed E-state index contributed by atoms with van der Waals surface area (Å²) in [6, 6.07) is 0.0234. The molecule has 0 aliphatic heterocycles. The summed E-state index contributed by atoms with van der Waals surface area (Å²) in [5.41, 5.74) is 5.93. The van der Waals surface area contributed by atoms with Crippen molar-refractivity contribution in [2.45, 2.75) is 45.1 Å². The fourth-order valence-electron chi connectivity index (χ4n) is 2.33. The smallest absolute Gasteiger partial charge is 0.227 e. The van der Waals surface area contributed by atoms with Crippen molar-refractivity contribution in [3.8, 4) is 0 Å². The van der Waals surface area contributed by atoms with Crippen LogP contribution in [0.2, 0.25) is 0 Å². The minimum Gasteiger partial charge on any atom is -0.395 e. The van der Waals surface area contributed by atoms with E-state index in [0.717, 1.165) is 38.6 Å². The van der Waals surface area contributed by atoms with Crippen molar-refractivity contribution in [1.82, 2.24) is 4.90 Å². The molecule has 0 aromatic heterocycles. The fraction of sp³-hybridized carbons (Fsp3) is 0.917. The van der Waals surface area contributed by atoms with Gasteiger partial charge in [-0.25, -0.2) is 0 Å². The zero-order valence-corrected chi connectivity index (χ0v) is 10.2. The van der Waals surface area contributed by atoms with Crippen LogP contribution in [0.4, 0.5) is 0 Å². The third-order valence-corrected chi connectivity index (χ3v) is 3.35. The summed E-state index contributed by atoms with van der Waals surface area (Å²) < 4.78 is 0. The molecule has 0 aromatic rings. The standard InChI is InChI=1S/C12H24N2O2/c1-2-3-7-14(8-9-15)12(16)10-5-4-6-11(10)13/h10-11,15H,2-9,13H2,1H3. The number of aliphatic hydroxyl groups excluding tert-OH is 1. The molecule has 4 nitrogen and oxygen atoms in total. The van der Waals surface area contributed by atoms with Gasteiger partial charge < -0.3 is 15.7 Å². The van der Waals surface area contributed by atoms with E-state index < -0.39 is 0 Å². The van der Waals surface area contributed by atoms with Crippen LogP contribution in [0.5, 0.6) is 0 Å². The number of nitrogens with zero attached hydrogens (tertiary/aromatic N) is 1. The van der Waals surface area contributed by atoms with Crippen LogP contribution in [0.25, 0.3) is 0 Å². The Morgan fingerprint density at radius 3 is 2.69 bits per heavy atom. The number of carbonyl (C=O) groups is 1. The summed E-state index contributed by atoms with van der Waals surface area (Å²) in [5, 5.41) is 8.97. The Balaban J connectivity index is 2.51. The van der Waals surface area contributed by atoms with Gasteiger partial charge >= 0.3 is 0 Å². The quantitative estimate of drug-likeness (QED) is 0.704. The van der Waals surface area contributed by atoms with Crippen molar-refractivity contribution in [2.24, 2.45) is 11.7 Å². The first kappa shape index (κ1) is 13.5. The third kappa shape index (κ3) is 3.46. The molecular formula is C12H24N2O2. The van der Waals surface area contributed by atoms with Crippen molar-refractivity contribution >= 4 is 5.91 Å². The molecule has 3 N–H and O–H groups in total. The summed E-state index contributed by atoms with van der Waals surface area (Å²) in [6.45, 7) is 3.33. The van der Waals surface area contributed by atoms with E-state index in [2.05, 4.69) is 6.92 Å². The van der Waals surface area contributed by atoms with Crippen molar-refractivity contribution in [3.05, 3.63) is 0 Å². The van der Waals surface area contributed by atoms with E-state index in [0.29, 0.717) is 6.54 Å². The molecule has 1 amide bonds. The molecule has 4 heteroatoms. The molecule has 0 aromatic carbocycles. The van der Waals surface area contributed by atoms with E-state index in [1.165, 1.54) is 0 Å². The average molecular weight is 228 g/mol. The molecule has 94 valence electrons. The van der Waals surface area contributed by atoms with Gasteiger partial charge in [-0.1, -0.05) is 19.8 Å². The van der Waals surface area contributed by atoms with Crippen LogP contribution in [0.15, 0.2) is 0 Å². The highest BCUT2D eigenvalue weighted by atomic mass is 16.3. The van der Waals surface area contributed by atoms with Crippen molar-refractivity contribution in [2.75, 3.05) is 19.7 Å². The Labute approximate surface area is 97.8 Å². The Morgan fingerprint density at radius 1 is 1.44 bits per heavy atom. The van der Waals surface area contributed by atoms with Crippen LogP contribution in [0.1, 0.15) is 39.0 Å². The maximum Gasteiger partial charge on any atom is 0.227 e. The van der Waals surface area contributed by atoms with E-state index in [-0.39, 0.29) is 24.5 Å². The molecule has 1 aliphatic rings. The predicted octanol–water partition coefficient (Wildman–Crippen LogP) is 0.735. The summed E-state index contributed by atoms with van der Waals surface area (Å²) in [5.74, 6) is 0.135. The number of amides is 1. The second-order valence-electron chi connectivity index (χ2n) is 4.60. The first-order chi connectivity index (χ1) is 7.70. The van der Waals surface area contributed by atoms with Gasteiger partial charge in [-0.2, -0.15) is 0 Å². The van der Waals surface area contributed by atoms with Gasteiger partial charge in [0.2, 0.25) is 5.91 Å². The molecule has 2 unspecified atom stereocenters. The molecule has 16 heavy (non-hydrogen) atoms. The highest BCUT2D eigenvalue weighted by Gasteiger charge is 2.32. The van der Waals surface area contributed by atoms with E-state index in [9.17, 15) is 4.79 Å². The normalized spacial score (nSPS) is 24.7. The van der Waals surface area contributed by atoms with Crippen LogP contribution < -0.4 is 5.73 Å². The van der Waals surface area contributed by atoms with Gasteiger partial charge in [0.25, 0.3) is 0 Å². The maximum absolute atomic E-state index is 12.2. The van der Waals surface area contributed by atoms with Crippen LogP contribution in [0, 0.1) is 5.92 Å². The second-order valence-corrected chi connectivity index (χ2v) is 4.60. The molecule has 0 saturated heterocycles. The molecule has 1 fully saturated rings. The number of nitrogens with two attached hydrogens (primary N) is 1. The Bertz CT molecular complexity index is 221. The van der Waals surface area contributed by atoms with Gasteiger partial charge in [-0.05, 0) is 19.3 Å². The van der Waals surface area contributed by atoms with Crippen LogP contribution >= 0.6 is 0 Å². The lowest BCUT2D eigenvalue weighted by molar-refractivity contribution is -0.136. The third-order valence-electron chi connectivity index (χ3n) is 3.35. The number of rotatable bonds is 6. The molecule has 0 spiro atoms. The topological polar surface area (TPSA) is 66.6 Å². The van der Waals surface area contributed by atoms with Gasteiger partial charge in [0, 0.05) is 19.1 Å². The minimum atomic E-state index is -0.0107. The van der Waals surface area contributed by atoms with Crippen LogP contribution in [0.3, 0.4) is 0 Å². The zero-order valence-electron chi connectivity index (χ0n) is 10.2. The first-order valence-corrected chi connectivity index (χ1v) is 6.36. The lowest BCUT2D eigenvalue weighted by atomic mass is 10.0. The maximum atomic E-state index is 12.2. The van der Waals surface area contributed by atoms with E-state index in [1.807, 2.05) is 0 Å². The molecule has 0 radical (unpaired) electrons. The Morgan fingerprint density at radius 2 is 2.19 bits per heavy atom. The highest BCUT2D eigenvalue weighted by Crippen LogP contribution is 2.25. The van der Waals surface area contributed by atoms with Crippen molar-refractivity contribution in [3.63, 3.8) is 0 Å². The largest absolute Gasteiger partial charge is 0.395 e. The SMILES string of the molecule is CCCCN(CCO)C(=O)C1CCCC1N. The molecule has 2 atom stereocenters. The Kier molecular flexibility index (Phi) is 5.77. The number of hydrogen-bond acceptors (Lipinski definition) is 3. The predicted molar refractivity (Wildman–Crippen MR) is 63.9 cm³/mol. The molecule has 1 rings (SSSR count). The highest BCUT2D eigenvalue weighted by molar-refractivity contribution is 5.79. The lowest BCUT2D eigenvalue weighted by Gasteiger charge is -2.26. The number of carbonyl (C=O) groups excluding carboxylic acids is 1. The van der Waals surface area contributed by atoms with E-state index in [1.54, 1.807) is 4.90 Å². The van der Waals surface area contributed by atoms with Gasteiger partial charge in [0.1, 0.15) is 0 Å². The van der Waals surface area contributed by atoms with Gasteiger partial charge in [-0.15, -0.1) is 0 Å². The molecule has 0 bridgehead atoms. The average Bonchev–Trinajstić information content (AvgIpc) is 2.69. The molecule has 0 heterocycles.